The summed E-state index contributed by atoms with van der Waals surface area (Å²) in [4.78, 5) is 27.4. The molecule has 25 heavy (non-hydrogen) atoms. The third-order valence-electron chi connectivity index (χ3n) is 3.93. The van der Waals surface area contributed by atoms with E-state index in [-0.39, 0.29) is 16.5 Å². The van der Waals surface area contributed by atoms with Crippen molar-refractivity contribution >= 4 is 39.8 Å². The van der Waals surface area contributed by atoms with Gasteiger partial charge in [-0.1, -0.05) is 11.6 Å². The number of carbonyl (C=O) groups is 2. The molecule has 3 rings (SSSR count). The highest BCUT2D eigenvalue weighted by Crippen LogP contribution is 2.29. The fraction of sp³-hybridized carbons (Fsp3) is 0.294. The molecule has 1 aliphatic heterocycles. The van der Waals surface area contributed by atoms with Crippen molar-refractivity contribution in [2.45, 2.75) is 6.92 Å². The predicted octanol–water partition coefficient (Wildman–Crippen LogP) is 3.15. The monoisotopic (exact) mass is 381 g/mol. The van der Waals surface area contributed by atoms with Crippen LogP contribution in [-0.4, -0.2) is 42.9 Å². The largest absolute Gasteiger partial charge is 0.335 e. The first-order valence-corrected chi connectivity index (χ1v) is 9.02. The molecule has 2 N–H and O–H groups in total. The minimum atomic E-state index is -0.502. The van der Waals surface area contributed by atoms with E-state index in [4.69, 9.17) is 11.6 Å². The molecular weight excluding hydrogens is 365 g/mol. The lowest BCUT2D eigenvalue weighted by Gasteiger charge is -2.27. The highest BCUT2D eigenvalue weighted by molar-refractivity contribution is 7.18. The Morgan fingerprint density at radius 3 is 2.68 bits per heavy atom. The summed E-state index contributed by atoms with van der Waals surface area (Å²) < 4.78 is 13.1. The molecule has 132 valence electrons. The van der Waals surface area contributed by atoms with Crippen LogP contribution in [0.4, 0.5) is 9.39 Å². The smallest absolute Gasteiger partial charge is 0.264 e. The fourth-order valence-electron chi connectivity index (χ4n) is 2.62. The van der Waals surface area contributed by atoms with Gasteiger partial charge in [-0.05, 0) is 36.8 Å². The van der Waals surface area contributed by atoms with Gasteiger partial charge in [0.05, 0.1) is 20.5 Å². The SMILES string of the molecule is Cc1cc(NC(=O)c2ccc(F)cc2Cl)sc1C(=O)N1CCNCC1. The number of nitrogens with zero attached hydrogens (tertiary/aromatic N) is 1. The van der Waals surface area contributed by atoms with Crippen LogP contribution in [-0.2, 0) is 0 Å². The number of aryl methyl sites for hydroxylation is 1. The third kappa shape index (κ3) is 4.00. The maximum Gasteiger partial charge on any atom is 0.264 e. The molecule has 8 heteroatoms. The van der Waals surface area contributed by atoms with Gasteiger partial charge in [-0.15, -0.1) is 11.3 Å². The zero-order valence-corrected chi connectivity index (χ0v) is 15.1. The average Bonchev–Trinajstić information content (AvgIpc) is 2.95. The molecular formula is C17H17ClFN3O2S. The summed E-state index contributed by atoms with van der Waals surface area (Å²) in [5, 5.41) is 6.54. The molecule has 2 amide bonds. The minimum Gasteiger partial charge on any atom is -0.335 e. The highest BCUT2D eigenvalue weighted by Gasteiger charge is 2.22. The Bertz CT molecular complexity index is 818. The van der Waals surface area contributed by atoms with E-state index in [1.807, 2.05) is 6.92 Å². The molecule has 1 saturated heterocycles. The van der Waals surface area contributed by atoms with Gasteiger partial charge in [0.25, 0.3) is 11.8 Å². The molecule has 0 radical (unpaired) electrons. The van der Waals surface area contributed by atoms with Crippen LogP contribution in [0, 0.1) is 12.7 Å². The number of piperazine rings is 1. The molecule has 5 nitrogen and oxygen atoms in total. The molecule has 1 fully saturated rings. The van der Waals surface area contributed by atoms with Gasteiger partial charge in [-0.3, -0.25) is 9.59 Å². The lowest BCUT2D eigenvalue weighted by Crippen LogP contribution is -2.46. The summed E-state index contributed by atoms with van der Waals surface area (Å²) in [6, 6.07) is 5.37. The molecule has 2 aromatic rings. The molecule has 0 spiro atoms. The first kappa shape index (κ1) is 17.8. The van der Waals surface area contributed by atoms with E-state index in [9.17, 15) is 14.0 Å². The average molecular weight is 382 g/mol. The van der Waals surface area contributed by atoms with Gasteiger partial charge in [0.15, 0.2) is 0 Å². The van der Waals surface area contributed by atoms with Gasteiger partial charge < -0.3 is 15.5 Å². The van der Waals surface area contributed by atoms with Gasteiger partial charge in [0.2, 0.25) is 0 Å². The maximum absolute atomic E-state index is 13.1. The lowest BCUT2D eigenvalue weighted by molar-refractivity contribution is 0.0740. The second-order valence-corrected chi connectivity index (χ2v) is 7.20. The lowest BCUT2D eigenvalue weighted by atomic mass is 10.2. The molecule has 1 aliphatic rings. The summed E-state index contributed by atoms with van der Waals surface area (Å²) in [5.41, 5.74) is 0.998. The van der Waals surface area contributed by atoms with Crippen molar-refractivity contribution in [3.63, 3.8) is 0 Å². The number of hydrogen-bond donors (Lipinski definition) is 2. The number of halogens is 2. The molecule has 0 unspecified atom stereocenters. The van der Waals surface area contributed by atoms with Crippen LogP contribution in [0.3, 0.4) is 0 Å². The van der Waals surface area contributed by atoms with Crippen molar-refractivity contribution < 1.29 is 14.0 Å². The van der Waals surface area contributed by atoms with Crippen LogP contribution >= 0.6 is 22.9 Å². The van der Waals surface area contributed by atoms with Crippen LogP contribution in [0.5, 0.6) is 0 Å². The van der Waals surface area contributed by atoms with Gasteiger partial charge in [0, 0.05) is 26.2 Å². The van der Waals surface area contributed by atoms with Crippen molar-refractivity contribution in [1.29, 1.82) is 0 Å². The van der Waals surface area contributed by atoms with E-state index in [0.29, 0.717) is 23.0 Å². The number of nitrogens with one attached hydrogen (secondary N) is 2. The quantitative estimate of drug-likeness (QED) is 0.858. The van der Waals surface area contributed by atoms with E-state index in [2.05, 4.69) is 10.6 Å². The second kappa shape index (κ2) is 7.51. The van der Waals surface area contributed by atoms with E-state index < -0.39 is 11.7 Å². The molecule has 1 aromatic carbocycles. The number of amides is 2. The Hall–Kier alpha value is -1.96. The first-order valence-electron chi connectivity index (χ1n) is 7.82. The van der Waals surface area contributed by atoms with Gasteiger partial charge in [0.1, 0.15) is 5.82 Å². The third-order valence-corrected chi connectivity index (χ3v) is 5.38. The topological polar surface area (TPSA) is 61.4 Å². The molecule has 0 saturated carbocycles. The number of benzene rings is 1. The number of thiophene rings is 1. The van der Waals surface area contributed by atoms with Crippen molar-refractivity contribution in [3.05, 3.63) is 51.1 Å². The van der Waals surface area contributed by atoms with Gasteiger partial charge in [-0.2, -0.15) is 0 Å². The molecule has 2 heterocycles. The van der Waals surface area contributed by atoms with E-state index in [1.165, 1.54) is 23.5 Å². The standard InChI is InChI=1S/C17H17ClFN3O2S/c1-10-8-14(21-16(23)12-3-2-11(19)9-13(12)18)25-15(10)17(24)22-6-4-20-5-7-22/h2-3,8-9,20H,4-7H2,1H3,(H,21,23). The van der Waals surface area contributed by atoms with Crippen molar-refractivity contribution in [2.75, 3.05) is 31.5 Å². The maximum atomic E-state index is 13.1. The summed E-state index contributed by atoms with van der Waals surface area (Å²) in [6.45, 7) is 4.74. The second-order valence-electron chi connectivity index (χ2n) is 5.74. The van der Waals surface area contributed by atoms with Crippen LogP contribution in [0.25, 0.3) is 0 Å². The predicted molar refractivity (Wildman–Crippen MR) is 97.2 cm³/mol. The summed E-state index contributed by atoms with van der Waals surface area (Å²) in [7, 11) is 0. The Morgan fingerprint density at radius 2 is 2.00 bits per heavy atom. The van der Waals surface area contributed by atoms with E-state index >= 15 is 0 Å². The molecule has 0 bridgehead atoms. The number of anilines is 1. The van der Waals surface area contributed by atoms with Crippen LogP contribution in [0.15, 0.2) is 24.3 Å². The van der Waals surface area contributed by atoms with Crippen LogP contribution in [0.1, 0.15) is 25.6 Å². The zero-order chi connectivity index (χ0) is 18.0. The summed E-state index contributed by atoms with van der Waals surface area (Å²) >= 11 is 7.15. The Kier molecular flexibility index (Phi) is 5.36. The van der Waals surface area contributed by atoms with Crippen molar-refractivity contribution in [1.82, 2.24) is 10.2 Å². The van der Waals surface area contributed by atoms with E-state index in [1.54, 1.807) is 11.0 Å². The van der Waals surface area contributed by atoms with Gasteiger partial charge >= 0.3 is 0 Å². The van der Waals surface area contributed by atoms with Crippen molar-refractivity contribution in [2.24, 2.45) is 0 Å². The number of carbonyl (C=O) groups excluding carboxylic acids is 2. The number of hydrogen-bond acceptors (Lipinski definition) is 4. The fourth-order valence-corrected chi connectivity index (χ4v) is 3.91. The Labute approximate surface area is 153 Å². The molecule has 1 aromatic heterocycles. The summed E-state index contributed by atoms with van der Waals surface area (Å²) in [5.74, 6) is -0.964. The zero-order valence-electron chi connectivity index (χ0n) is 13.6. The number of rotatable bonds is 3. The first-order chi connectivity index (χ1) is 12.0. The molecule has 0 aliphatic carbocycles. The summed E-state index contributed by atoms with van der Waals surface area (Å²) in [6.07, 6.45) is 0. The minimum absolute atomic E-state index is 0.0238. The van der Waals surface area contributed by atoms with E-state index in [0.717, 1.165) is 24.7 Å². The van der Waals surface area contributed by atoms with Crippen molar-refractivity contribution in [3.8, 4) is 0 Å². The highest BCUT2D eigenvalue weighted by atomic mass is 35.5. The van der Waals surface area contributed by atoms with Gasteiger partial charge in [-0.25, -0.2) is 4.39 Å². The Balaban J connectivity index is 1.75. The normalized spacial score (nSPS) is 14.4. The van der Waals surface area contributed by atoms with Crippen LogP contribution in [0.2, 0.25) is 5.02 Å². The van der Waals surface area contributed by atoms with Crippen LogP contribution < -0.4 is 10.6 Å². The molecule has 0 atom stereocenters. The Morgan fingerprint density at radius 1 is 1.28 bits per heavy atom.